The van der Waals surface area contributed by atoms with Gasteiger partial charge in [0.1, 0.15) is 5.78 Å². The number of rotatable bonds is 6. The van der Waals surface area contributed by atoms with Crippen molar-refractivity contribution in [1.29, 1.82) is 0 Å². The summed E-state index contributed by atoms with van der Waals surface area (Å²) in [5.74, 6) is -1.36. The van der Waals surface area contributed by atoms with Crippen molar-refractivity contribution < 1.29 is 14.8 Å². The number of benzene rings is 2. The average Bonchev–Trinajstić information content (AvgIpc) is 2.56. The Hall–Kier alpha value is -2.75. The molecule has 0 spiro atoms. The highest BCUT2D eigenvalue weighted by atomic mass is 16.4. The van der Waals surface area contributed by atoms with Crippen LogP contribution in [0.2, 0.25) is 0 Å². The van der Waals surface area contributed by atoms with Crippen molar-refractivity contribution in [2.75, 3.05) is 0 Å². The van der Waals surface area contributed by atoms with Gasteiger partial charge in [0.25, 0.3) is 0 Å². The Bertz CT molecular complexity index is 678. The van der Waals surface area contributed by atoms with Crippen LogP contribution in [0.15, 0.2) is 65.8 Å². The van der Waals surface area contributed by atoms with Gasteiger partial charge in [-0.25, -0.2) is 0 Å². The summed E-state index contributed by atoms with van der Waals surface area (Å²) in [5.41, 5.74) is 1.50. The lowest BCUT2D eigenvalue weighted by Gasteiger charge is -2.14. The predicted octanol–water partition coefficient (Wildman–Crippen LogP) is 3.34. The van der Waals surface area contributed by atoms with E-state index in [0.717, 1.165) is 0 Å². The fraction of sp³-hybridized carbons (Fsp3) is 0.167. The van der Waals surface area contributed by atoms with Crippen LogP contribution >= 0.6 is 0 Å². The average molecular weight is 295 g/mol. The maximum Gasteiger partial charge on any atom is 0.173 e. The van der Waals surface area contributed by atoms with E-state index >= 15 is 0 Å². The molecule has 112 valence electrons. The molecule has 0 aliphatic heterocycles. The van der Waals surface area contributed by atoms with Gasteiger partial charge >= 0.3 is 0 Å². The fourth-order valence-corrected chi connectivity index (χ4v) is 2.26. The minimum atomic E-state index is -0.853. The zero-order chi connectivity index (χ0) is 15.9. The molecule has 4 nitrogen and oxygen atoms in total. The number of hydrogen-bond donors (Lipinski definition) is 1. The van der Waals surface area contributed by atoms with Crippen LogP contribution in [0.5, 0.6) is 0 Å². The Kier molecular flexibility index (Phi) is 5.20. The molecule has 0 bridgehead atoms. The molecular weight excluding hydrogens is 278 g/mol. The minimum Gasteiger partial charge on any atom is -0.411 e. The molecule has 0 amide bonds. The quantitative estimate of drug-likeness (QED) is 0.292. The van der Waals surface area contributed by atoms with Gasteiger partial charge in [-0.15, -0.1) is 0 Å². The van der Waals surface area contributed by atoms with Gasteiger partial charge in [-0.3, -0.25) is 9.59 Å². The van der Waals surface area contributed by atoms with Gasteiger partial charge in [-0.05, 0) is 12.5 Å². The van der Waals surface area contributed by atoms with E-state index in [-0.39, 0.29) is 18.0 Å². The van der Waals surface area contributed by atoms with Crippen molar-refractivity contribution in [1.82, 2.24) is 0 Å². The van der Waals surface area contributed by atoms with E-state index in [1.54, 1.807) is 36.4 Å². The highest BCUT2D eigenvalue weighted by molar-refractivity contribution is 6.14. The summed E-state index contributed by atoms with van der Waals surface area (Å²) >= 11 is 0. The number of Topliss-reactive ketones (excluding diaryl/α,β-unsaturated/α-hetero) is 2. The Labute approximate surface area is 129 Å². The molecule has 0 radical (unpaired) electrons. The van der Waals surface area contributed by atoms with Gasteiger partial charge in [0.15, 0.2) is 5.78 Å². The molecule has 0 saturated heterocycles. The molecule has 2 aromatic carbocycles. The number of ketones is 2. The molecule has 4 heteroatoms. The maximum atomic E-state index is 12.5. The van der Waals surface area contributed by atoms with Crippen LogP contribution in [0.1, 0.15) is 29.3 Å². The van der Waals surface area contributed by atoms with Gasteiger partial charge in [-0.2, -0.15) is 0 Å². The second-order valence-electron chi connectivity index (χ2n) is 5.01. The molecule has 0 aliphatic carbocycles. The molecule has 0 aromatic heterocycles. The lowest BCUT2D eigenvalue weighted by Crippen LogP contribution is -2.25. The number of carbonyl (C=O) groups is 2. The van der Waals surface area contributed by atoms with E-state index in [1.807, 2.05) is 24.3 Å². The van der Waals surface area contributed by atoms with Gasteiger partial charge in [0.05, 0.1) is 11.6 Å². The second kappa shape index (κ2) is 7.31. The number of nitrogens with zero attached hydrogens (tertiary/aromatic N) is 1. The standard InChI is InChI=1S/C18H17NO3/c1-13(20)16(18(21)15-10-6-3-7-11-15)12-17(19-22)14-8-4-2-5-9-14/h2-11,16,22H,12H2,1H3/b19-17-. The zero-order valence-electron chi connectivity index (χ0n) is 12.3. The first-order valence-electron chi connectivity index (χ1n) is 6.99. The first-order valence-corrected chi connectivity index (χ1v) is 6.99. The molecule has 2 rings (SSSR count). The monoisotopic (exact) mass is 295 g/mol. The van der Waals surface area contributed by atoms with E-state index in [1.165, 1.54) is 6.92 Å². The van der Waals surface area contributed by atoms with Crippen LogP contribution < -0.4 is 0 Å². The van der Waals surface area contributed by atoms with Crippen LogP contribution in [0.25, 0.3) is 0 Å². The Morgan fingerprint density at radius 3 is 1.91 bits per heavy atom. The summed E-state index contributed by atoms with van der Waals surface area (Å²) in [6.07, 6.45) is 0.0730. The molecular formula is C18H17NO3. The van der Waals surface area contributed by atoms with E-state index in [4.69, 9.17) is 0 Å². The number of oxime groups is 1. The van der Waals surface area contributed by atoms with Crippen LogP contribution in [0, 0.1) is 5.92 Å². The highest BCUT2D eigenvalue weighted by Gasteiger charge is 2.26. The van der Waals surface area contributed by atoms with Crippen LogP contribution in [-0.4, -0.2) is 22.5 Å². The lowest BCUT2D eigenvalue weighted by atomic mass is 9.88. The zero-order valence-corrected chi connectivity index (χ0v) is 12.3. The summed E-state index contributed by atoms with van der Waals surface area (Å²) in [7, 11) is 0. The van der Waals surface area contributed by atoms with Crippen molar-refractivity contribution in [3.05, 3.63) is 71.8 Å². The van der Waals surface area contributed by atoms with Crippen molar-refractivity contribution in [2.24, 2.45) is 11.1 Å². The number of carbonyl (C=O) groups excluding carboxylic acids is 2. The smallest absolute Gasteiger partial charge is 0.173 e. The molecule has 0 fully saturated rings. The van der Waals surface area contributed by atoms with E-state index in [0.29, 0.717) is 16.8 Å². The van der Waals surface area contributed by atoms with Crippen molar-refractivity contribution in [3.8, 4) is 0 Å². The van der Waals surface area contributed by atoms with Crippen molar-refractivity contribution in [3.63, 3.8) is 0 Å². The Balaban J connectivity index is 2.26. The SMILES string of the molecule is CC(=O)C(C/C(=N/O)c1ccccc1)C(=O)c1ccccc1. The number of hydrogen-bond acceptors (Lipinski definition) is 4. The van der Waals surface area contributed by atoms with E-state index in [2.05, 4.69) is 5.16 Å². The molecule has 1 N–H and O–H groups in total. The van der Waals surface area contributed by atoms with Gasteiger partial charge in [0, 0.05) is 12.0 Å². The topological polar surface area (TPSA) is 66.7 Å². The largest absolute Gasteiger partial charge is 0.411 e. The molecule has 1 atom stereocenters. The molecule has 0 saturated carbocycles. The minimum absolute atomic E-state index is 0.0730. The van der Waals surface area contributed by atoms with E-state index < -0.39 is 5.92 Å². The molecule has 0 aliphatic rings. The van der Waals surface area contributed by atoms with Crippen LogP contribution in [-0.2, 0) is 4.79 Å². The maximum absolute atomic E-state index is 12.5. The lowest BCUT2D eigenvalue weighted by molar-refractivity contribution is -0.119. The highest BCUT2D eigenvalue weighted by Crippen LogP contribution is 2.17. The van der Waals surface area contributed by atoms with Crippen molar-refractivity contribution in [2.45, 2.75) is 13.3 Å². The Morgan fingerprint density at radius 2 is 1.45 bits per heavy atom. The summed E-state index contributed by atoms with van der Waals surface area (Å²) in [5, 5.41) is 12.5. The third-order valence-corrected chi connectivity index (χ3v) is 3.49. The van der Waals surface area contributed by atoms with Crippen LogP contribution in [0.4, 0.5) is 0 Å². The Morgan fingerprint density at radius 1 is 0.955 bits per heavy atom. The fourth-order valence-electron chi connectivity index (χ4n) is 2.26. The summed E-state index contributed by atoms with van der Waals surface area (Å²) in [6, 6.07) is 17.7. The first kappa shape index (κ1) is 15.6. The first-order chi connectivity index (χ1) is 10.6. The molecule has 0 heterocycles. The van der Waals surface area contributed by atoms with Crippen molar-refractivity contribution >= 4 is 17.3 Å². The summed E-state index contributed by atoms with van der Waals surface area (Å²) in [6.45, 7) is 1.38. The van der Waals surface area contributed by atoms with Gasteiger partial charge in [0.2, 0.25) is 0 Å². The predicted molar refractivity (Wildman–Crippen MR) is 84.3 cm³/mol. The van der Waals surface area contributed by atoms with Gasteiger partial charge in [-0.1, -0.05) is 65.8 Å². The molecule has 22 heavy (non-hydrogen) atoms. The third kappa shape index (κ3) is 3.67. The second-order valence-corrected chi connectivity index (χ2v) is 5.01. The summed E-state index contributed by atoms with van der Waals surface area (Å²) in [4.78, 5) is 24.4. The summed E-state index contributed by atoms with van der Waals surface area (Å²) < 4.78 is 0. The normalized spacial score (nSPS) is 12.7. The molecule has 2 aromatic rings. The van der Waals surface area contributed by atoms with Crippen LogP contribution in [0.3, 0.4) is 0 Å². The van der Waals surface area contributed by atoms with Gasteiger partial charge < -0.3 is 5.21 Å². The third-order valence-electron chi connectivity index (χ3n) is 3.49. The van der Waals surface area contributed by atoms with E-state index in [9.17, 15) is 14.8 Å². The molecule has 1 unspecified atom stereocenters.